The Bertz CT molecular complexity index is 1060. The van der Waals surface area contributed by atoms with E-state index in [1.807, 2.05) is 0 Å². The van der Waals surface area contributed by atoms with Crippen LogP contribution in [0.3, 0.4) is 0 Å². The van der Waals surface area contributed by atoms with Crippen LogP contribution in [-0.4, -0.2) is 61.8 Å². The van der Waals surface area contributed by atoms with Gasteiger partial charge in [-0.1, -0.05) is 12.1 Å². The van der Waals surface area contributed by atoms with Gasteiger partial charge in [-0.2, -0.15) is 0 Å². The minimum absolute atomic E-state index is 0.109. The largest absolute Gasteiger partial charge is 0.492 e. The SMILES string of the molecule is CN(CCCOCC(=O)OC(C)(C)C)C(=O)Oc1ccc2c(c1)OCC(c1ccc(F)cc1)C2=O. The average Bonchev–Trinajstić information content (AvgIpc) is 2.78. The van der Waals surface area contributed by atoms with Crippen molar-refractivity contribution in [2.24, 2.45) is 0 Å². The summed E-state index contributed by atoms with van der Waals surface area (Å²) in [6.07, 6.45) is -0.0792. The number of ketones is 1. The molecule has 0 aliphatic carbocycles. The van der Waals surface area contributed by atoms with Crippen LogP contribution < -0.4 is 9.47 Å². The Balaban J connectivity index is 1.47. The fourth-order valence-electron chi connectivity index (χ4n) is 3.47. The number of carbonyl (C=O) groups is 3. The molecule has 2 aromatic rings. The molecule has 9 heteroatoms. The summed E-state index contributed by atoms with van der Waals surface area (Å²) >= 11 is 0. The number of hydrogen-bond donors (Lipinski definition) is 0. The van der Waals surface area contributed by atoms with E-state index in [1.165, 1.54) is 29.2 Å². The van der Waals surface area contributed by atoms with Gasteiger partial charge in [-0.15, -0.1) is 0 Å². The summed E-state index contributed by atoms with van der Waals surface area (Å²) < 4.78 is 34.8. The predicted molar refractivity (Wildman–Crippen MR) is 125 cm³/mol. The first kappa shape index (κ1) is 26.2. The Morgan fingerprint density at radius 2 is 1.86 bits per heavy atom. The lowest BCUT2D eigenvalue weighted by Gasteiger charge is -2.25. The van der Waals surface area contributed by atoms with Gasteiger partial charge in [0.15, 0.2) is 5.78 Å². The maximum Gasteiger partial charge on any atom is 0.414 e. The molecule has 8 nitrogen and oxygen atoms in total. The van der Waals surface area contributed by atoms with Crippen LogP contribution in [0.2, 0.25) is 0 Å². The lowest BCUT2D eigenvalue weighted by atomic mass is 9.89. The highest BCUT2D eigenvalue weighted by Gasteiger charge is 2.30. The van der Waals surface area contributed by atoms with Crippen LogP contribution in [-0.2, 0) is 14.3 Å². The predicted octanol–water partition coefficient (Wildman–Crippen LogP) is 4.36. The number of benzene rings is 2. The molecule has 0 N–H and O–H groups in total. The topological polar surface area (TPSA) is 91.4 Å². The fraction of sp³-hybridized carbons (Fsp3) is 0.423. The van der Waals surface area contributed by atoms with Crippen LogP contribution in [0.1, 0.15) is 49.0 Å². The standard InChI is InChI=1S/C26H30FNO7/c1-26(2,3)35-23(29)16-32-13-5-12-28(4)25(31)34-19-10-11-20-22(14-19)33-15-21(24(20)30)17-6-8-18(27)9-7-17/h6-11,14,21H,5,12-13,15-16H2,1-4H3. The van der Waals surface area contributed by atoms with E-state index in [0.29, 0.717) is 29.8 Å². The third-order valence-electron chi connectivity index (χ3n) is 5.15. The number of fused-ring (bicyclic) bond motifs is 1. The van der Waals surface area contributed by atoms with Crippen LogP contribution in [0, 0.1) is 5.82 Å². The van der Waals surface area contributed by atoms with Gasteiger partial charge in [-0.25, -0.2) is 14.0 Å². The first-order valence-electron chi connectivity index (χ1n) is 11.3. The van der Waals surface area contributed by atoms with Crippen LogP contribution in [0.25, 0.3) is 0 Å². The van der Waals surface area contributed by atoms with E-state index in [4.69, 9.17) is 18.9 Å². The van der Waals surface area contributed by atoms with Gasteiger partial charge in [0.2, 0.25) is 0 Å². The van der Waals surface area contributed by atoms with E-state index in [1.54, 1.807) is 46.0 Å². The molecule has 1 unspecified atom stereocenters. The van der Waals surface area contributed by atoms with E-state index in [2.05, 4.69) is 0 Å². The highest BCUT2D eigenvalue weighted by Crippen LogP contribution is 2.35. The Morgan fingerprint density at radius 1 is 1.14 bits per heavy atom. The third kappa shape index (κ3) is 7.51. The molecule has 0 aromatic heterocycles. The van der Waals surface area contributed by atoms with E-state index in [9.17, 15) is 18.8 Å². The summed E-state index contributed by atoms with van der Waals surface area (Å²) in [5, 5.41) is 0. The molecule has 0 saturated carbocycles. The quantitative estimate of drug-likeness (QED) is 0.404. The van der Waals surface area contributed by atoms with Crippen LogP contribution in [0.4, 0.5) is 9.18 Å². The third-order valence-corrected chi connectivity index (χ3v) is 5.15. The second-order valence-electron chi connectivity index (χ2n) is 9.22. The molecule has 0 bridgehead atoms. The van der Waals surface area contributed by atoms with Crippen molar-refractivity contribution in [2.45, 2.75) is 38.7 Å². The molecule has 0 saturated heterocycles. The van der Waals surface area contributed by atoms with E-state index in [-0.39, 0.29) is 37.2 Å². The molecule has 188 valence electrons. The van der Waals surface area contributed by atoms with Gasteiger partial charge >= 0.3 is 12.1 Å². The number of ether oxygens (including phenoxy) is 4. The zero-order valence-corrected chi connectivity index (χ0v) is 20.3. The van der Waals surface area contributed by atoms with Crippen molar-refractivity contribution >= 4 is 17.8 Å². The first-order chi connectivity index (χ1) is 16.5. The van der Waals surface area contributed by atoms with Gasteiger partial charge in [-0.05, 0) is 57.0 Å². The molecule has 2 aromatic carbocycles. The number of Topliss-reactive ketones (excluding diaryl/α,β-unsaturated/α-hetero) is 1. The number of halogens is 1. The van der Waals surface area contributed by atoms with Crippen molar-refractivity contribution in [3.8, 4) is 11.5 Å². The smallest absolute Gasteiger partial charge is 0.414 e. The molecule has 1 aliphatic heterocycles. The molecular formula is C26H30FNO7. The summed E-state index contributed by atoms with van der Waals surface area (Å²) in [6.45, 7) is 5.93. The Labute approximate surface area is 203 Å². The molecule has 1 heterocycles. The molecule has 1 amide bonds. The second-order valence-corrected chi connectivity index (χ2v) is 9.22. The van der Waals surface area contributed by atoms with Gasteiger partial charge in [0.25, 0.3) is 0 Å². The van der Waals surface area contributed by atoms with Crippen LogP contribution in [0.5, 0.6) is 11.5 Å². The van der Waals surface area contributed by atoms with Crippen LogP contribution in [0.15, 0.2) is 42.5 Å². The summed E-state index contributed by atoms with van der Waals surface area (Å²) in [4.78, 5) is 38.3. The van der Waals surface area contributed by atoms with Gasteiger partial charge in [0.05, 0.1) is 11.5 Å². The summed E-state index contributed by atoms with van der Waals surface area (Å²) in [5.41, 5.74) is 0.485. The lowest BCUT2D eigenvalue weighted by molar-refractivity contribution is -0.160. The van der Waals surface area contributed by atoms with E-state index >= 15 is 0 Å². The normalized spacial score (nSPS) is 15.1. The van der Waals surface area contributed by atoms with E-state index in [0.717, 1.165) is 0 Å². The molecule has 0 radical (unpaired) electrons. The van der Waals surface area contributed by atoms with Crippen LogP contribution >= 0.6 is 0 Å². The van der Waals surface area contributed by atoms with Crippen molar-refractivity contribution in [3.63, 3.8) is 0 Å². The molecule has 0 fully saturated rings. The zero-order chi connectivity index (χ0) is 25.6. The molecule has 1 atom stereocenters. The van der Waals surface area contributed by atoms with E-state index < -0.39 is 23.6 Å². The summed E-state index contributed by atoms with van der Waals surface area (Å²) in [7, 11) is 1.59. The van der Waals surface area contributed by atoms with Gasteiger partial charge in [0, 0.05) is 26.3 Å². The maximum atomic E-state index is 13.2. The highest BCUT2D eigenvalue weighted by molar-refractivity contribution is 6.04. The number of rotatable bonds is 8. The minimum Gasteiger partial charge on any atom is -0.492 e. The molecular weight excluding hydrogens is 457 g/mol. The first-order valence-corrected chi connectivity index (χ1v) is 11.3. The number of amides is 1. The Kier molecular flexibility index (Phi) is 8.45. The molecule has 35 heavy (non-hydrogen) atoms. The summed E-state index contributed by atoms with van der Waals surface area (Å²) in [6, 6.07) is 10.4. The molecule has 0 spiro atoms. The monoisotopic (exact) mass is 487 g/mol. The van der Waals surface area contributed by atoms with Gasteiger partial charge in [-0.3, -0.25) is 4.79 Å². The zero-order valence-electron chi connectivity index (χ0n) is 20.3. The number of nitrogens with zero attached hydrogens (tertiary/aromatic N) is 1. The molecule has 1 aliphatic rings. The van der Waals surface area contributed by atoms with Gasteiger partial charge < -0.3 is 23.8 Å². The molecule has 3 rings (SSSR count). The number of hydrogen-bond acceptors (Lipinski definition) is 7. The van der Waals surface area contributed by atoms with Crippen molar-refractivity contribution in [1.29, 1.82) is 0 Å². The van der Waals surface area contributed by atoms with Crippen molar-refractivity contribution in [3.05, 3.63) is 59.4 Å². The number of esters is 1. The van der Waals surface area contributed by atoms with Gasteiger partial charge in [0.1, 0.15) is 36.1 Å². The number of carbonyl (C=O) groups excluding carboxylic acids is 3. The van der Waals surface area contributed by atoms with Crippen molar-refractivity contribution in [1.82, 2.24) is 4.90 Å². The Hall–Kier alpha value is -3.46. The Morgan fingerprint density at radius 3 is 2.54 bits per heavy atom. The van der Waals surface area contributed by atoms with Crippen molar-refractivity contribution < 1.29 is 37.7 Å². The fourth-order valence-corrected chi connectivity index (χ4v) is 3.47. The maximum absolute atomic E-state index is 13.2. The average molecular weight is 488 g/mol. The lowest BCUT2D eigenvalue weighted by Crippen LogP contribution is -2.31. The van der Waals surface area contributed by atoms with Crippen molar-refractivity contribution in [2.75, 3.05) is 33.4 Å². The highest BCUT2D eigenvalue weighted by atomic mass is 19.1. The second kappa shape index (κ2) is 11.3. The minimum atomic E-state index is -0.580. The summed E-state index contributed by atoms with van der Waals surface area (Å²) in [5.74, 6) is -0.906.